The van der Waals surface area contributed by atoms with Crippen LogP contribution in [0.4, 0.5) is 4.39 Å². The highest BCUT2D eigenvalue weighted by atomic mass is 32.2. The second-order valence-electron chi connectivity index (χ2n) is 7.92. The zero-order valence-corrected chi connectivity index (χ0v) is 20.0. The van der Waals surface area contributed by atoms with Gasteiger partial charge in [0.2, 0.25) is 6.29 Å². The van der Waals surface area contributed by atoms with Gasteiger partial charge in [0.05, 0.1) is 19.3 Å². The molecule has 0 aliphatic carbocycles. The molecular weight excluding hydrogens is 465 g/mol. The first kappa shape index (κ1) is 23.1. The summed E-state index contributed by atoms with van der Waals surface area (Å²) in [4.78, 5) is 0. The summed E-state index contributed by atoms with van der Waals surface area (Å²) in [5.41, 5.74) is 3.18. The van der Waals surface area contributed by atoms with E-state index in [9.17, 15) is 4.39 Å². The Morgan fingerprint density at radius 2 is 1.94 bits per heavy atom. The Bertz CT molecular complexity index is 1340. The second-order valence-corrected chi connectivity index (χ2v) is 8.86. The van der Waals surface area contributed by atoms with Crippen LogP contribution in [0.3, 0.4) is 0 Å². The van der Waals surface area contributed by atoms with E-state index in [1.54, 1.807) is 13.2 Å². The first-order chi connectivity index (χ1) is 17.2. The number of aromatic nitrogens is 3. The molecule has 1 aliphatic rings. The minimum absolute atomic E-state index is 0.273. The highest BCUT2D eigenvalue weighted by Gasteiger charge is 2.26. The summed E-state index contributed by atoms with van der Waals surface area (Å²) in [5.74, 6) is 2.16. The van der Waals surface area contributed by atoms with Crippen LogP contribution in [0.1, 0.15) is 23.0 Å². The maximum atomic E-state index is 14.4. The van der Waals surface area contributed by atoms with E-state index < -0.39 is 6.29 Å². The Hall–Kier alpha value is -3.62. The van der Waals surface area contributed by atoms with Gasteiger partial charge in [-0.1, -0.05) is 60.3 Å². The van der Waals surface area contributed by atoms with E-state index in [2.05, 4.69) is 16.8 Å². The highest BCUT2D eigenvalue weighted by Crippen LogP contribution is 2.39. The van der Waals surface area contributed by atoms with Gasteiger partial charge in [0, 0.05) is 29.0 Å². The lowest BCUT2D eigenvalue weighted by Gasteiger charge is -2.28. The average molecular weight is 490 g/mol. The molecule has 0 N–H and O–H groups in total. The van der Waals surface area contributed by atoms with Crippen LogP contribution in [0.25, 0.3) is 11.4 Å². The number of benzene rings is 3. The number of rotatable bonds is 8. The van der Waals surface area contributed by atoms with Gasteiger partial charge in [-0.25, -0.2) is 4.39 Å². The number of allylic oxidation sites excluding steroid dienone is 1. The zero-order chi connectivity index (χ0) is 24.2. The molecule has 0 spiro atoms. The Labute approximate surface area is 207 Å². The predicted octanol–water partition coefficient (Wildman–Crippen LogP) is 6.18. The number of thioether (sulfide) groups is 1. The van der Waals surface area contributed by atoms with Gasteiger partial charge in [0.1, 0.15) is 17.3 Å². The van der Waals surface area contributed by atoms with Gasteiger partial charge in [-0.05, 0) is 24.3 Å². The maximum absolute atomic E-state index is 14.4. The Morgan fingerprint density at radius 1 is 1.14 bits per heavy atom. The van der Waals surface area contributed by atoms with Crippen molar-refractivity contribution in [2.45, 2.75) is 30.4 Å². The van der Waals surface area contributed by atoms with E-state index in [0.717, 1.165) is 16.7 Å². The van der Waals surface area contributed by atoms with Crippen LogP contribution in [-0.4, -0.2) is 21.9 Å². The fourth-order valence-electron chi connectivity index (χ4n) is 4.02. The molecule has 0 saturated carbocycles. The molecule has 35 heavy (non-hydrogen) atoms. The largest absolute Gasteiger partial charge is 0.496 e. The summed E-state index contributed by atoms with van der Waals surface area (Å²) >= 11 is 1.46. The van der Waals surface area contributed by atoms with Crippen LogP contribution in [0.2, 0.25) is 0 Å². The Balaban J connectivity index is 1.43. The van der Waals surface area contributed by atoms with Crippen molar-refractivity contribution in [2.75, 3.05) is 7.11 Å². The number of hydrogen-bond donors (Lipinski definition) is 0. The van der Waals surface area contributed by atoms with Crippen LogP contribution in [0.5, 0.6) is 11.5 Å². The Morgan fingerprint density at radius 3 is 2.74 bits per heavy atom. The molecule has 3 aromatic carbocycles. The maximum Gasteiger partial charge on any atom is 0.227 e. The molecule has 5 rings (SSSR count). The molecule has 0 bridgehead atoms. The highest BCUT2D eigenvalue weighted by molar-refractivity contribution is 7.98. The van der Waals surface area contributed by atoms with Gasteiger partial charge < -0.3 is 14.2 Å². The third-order valence-corrected chi connectivity index (χ3v) is 6.64. The van der Waals surface area contributed by atoms with E-state index in [4.69, 9.17) is 14.2 Å². The van der Waals surface area contributed by atoms with Gasteiger partial charge in [0.15, 0.2) is 11.0 Å². The first-order valence-electron chi connectivity index (χ1n) is 11.1. The van der Waals surface area contributed by atoms with Crippen molar-refractivity contribution in [1.82, 2.24) is 14.8 Å². The molecule has 178 valence electrons. The van der Waals surface area contributed by atoms with Crippen LogP contribution in [0.15, 0.2) is 84.5 Å². The third-order valence-electron chi connectivity index (χ3n) is 5.63. The minimum Gasteiger partial charge on any atom is -0.496 e. The molecule has 1 aromatic heterocycles. The van der Waals surface area contributed by atoms with Crippen molar-refractivity contribution in [3.05, 3.63) is 102 Å². The molecule has 1 atom stereocenters. The number of methoxy groups -OCH3 is 1. The van der Waals surface area contributed by atoms with E-state index >= 15 is 0 Å². The van der Waals surface area contributed by atoms with Crippen molar-refractivity contribution in [2.24, 2.45) is 0 Å². The molecule has 2 heterocycles. The number of nitrogens with zero attached hydrogens (tertiary/aromatic N) is 3. The molecule has 1 unspecified atom stereocenters. The van der Waals surface area contributed by atoms with Crippen LogP contribution < -0.4 is 9.47 Å². The van der Waals surface area contributed by atoms with Gasteiger partial charge in [-0.15, -0.1) is 16.8 Å². The van der Waals surface area contributed by atoms with Crippen molar-refractivity contribution in [3.8, 4) is 22.9 Å². The third kappa shape index (κ3) is 4.80. The molecule has 0 amide bonds. The normalized spacial score (nSPS) is 14.7. The number of ether oxygens (including phenoxy) is 3. The van der Waals surface area contributed by atoms with Crippen molar-refractivity contribution in [3.63, 3.8) is 0 Å². The van der Waals surface area contributed by atoms with Gasteiger partial charge in [0.25, 0.3) is 0 Å². The molecular formula is C27H24FN3O3S. The van der Waals surface area contributed by atoms with Crippen molar-refractivity contribution >= 4 is 11.8 Å². The lowest BCUT2D eigenvalue weighted by molar-refractivity contribution is -0.112. The number of hydrogen-bond acceptors (Lipinski definition) is 6. The smallest absolute Gasteiger partial charge is 0.227 e. The summed E-state index contributed by atoms with van der Waals surface area (Å²) in [6.07, 6.45) is 1.25. The van der Waals surface area contributed by atoms with Gasteiger partial charge >= 0.3 is 0 Å². The minimum atomic E-state index is -0.542. The molecule has 6 nitrogen and oxygen atoms in total. The van der Waals surface area contributed by atoms with E-state index in [1.165, 1.54) is 23.9 Å². The standard InChI is InChI=1S/C27H24FN3O3S/c1-3-13-31-25(22-11-7-8-12-23(22)32-2)29-30-27(31)35-17-20-15-21(28)14-19-16-33-26(34-24(19)20)18-9-5-4-6-10-18/h3-12,14-15,26H,1,13,16-17H2,2H3. The number of para-hydroxylation sites is 1. The summed E-state index contributed by atoms with van der Waals surface area (Å²) in [7, 11) is 1.63. The van der Waals surface area contributed by atoms with Crippen molar-refractivity contribution in [1.29, 1.82) is 0 Å². The molecule has 0 radical (unpaired) electrons. The van der Waals surface area contributed by atoms with E-state index in [1.807, 2.05) is 59.2 Å². The van der Waals surface area contributed by atoms with Crippen LogP contribution in [-0.2, 0) is 23.6 Å². The lowest BCUT2D eigenvalue weighted by atomic mass is 10.1. The fraction of sp³-hybridized carbons (Fsp3) is 0.185. The van der Waals surface area contributed by atoms with Crippen LogP contribution >= 0.6 is 11.8 Å². The SMILES string of the molecule is C=CCn1c(SCc2cc(F)cc3c2OC(c2ccccc2)OC3)nnc1-c1ccccc1OC. The van der Waals surface area contributed by atoms with E-state index in [-0.39, 0.29) is 12.4 Å². The topological polar surface area (TPSA) is 58.4 Å². The molecule has 1 aliphatic heterocycles. The summed E-state index contributed by atoms with van der Waals surface area (Å²) in [6, 6.07) is 20.3. The summed E-state index contributed by atoms with van der Waals surface area (Å²) in [5, 5.41) is 9.52. The number of halogens is 1. The summed E-state index contributed by atoms with van der Waals surface area (Å²) in [6.45, 7) is 4.67. The second kappa shape index (κ2) is 10.3. The van der Waals surface area contributed by atoms with Crippen LogP contribution in [0, 0.1) is 5.82 Å². The van der Waals surface area contributed by atoms with E-state index in [0.29, 0.717) is 40.3 Å². The predicted molar refractivity (Wildman–Crippen MR) is 133 cm³/mol. The Kier molecular flexibility index (Phi) is 6.83. The molecule has 4 aromatic rings. The molecule has 0 saturated heterocycles. The zero-order valence-electron chi connectivity index (χ0n) is 19.2. The number of fused-ring (bicyclic) bond motifs is 1. The monoisotopic (exact) mass is 489 g/mol. The quantitative estimate of drug-likeness (QED) is 0.218. The fourth-order valence-corrected chi connectivity index (χ4v) is 4.93. The molecule has 0 fully saturated rings. The van der Waals surface area contributed by atoms with Crippen molar-refractivity contribution < 1.29 is 18.6 Å². The summed E-state index contributed by atoms with van der Waals surface area (Å²) < 4.78 is 33.9. The van der Waals surface area contributed by atoms with Gasteiger partial charge in [-0.2, -0.15) is 0 Å². The lowest BCUT2D eigenvalue weighted by Crippen LogP contribution is -2.19. The molecule has 8 heteroatoms. The first-order valence-corrected chi connectivity index (χ1v) is 12.1. The average Bonchev–Trinajstić information content (AvgIpc) is 3.29. The van der Waals surface area contributed by atoms with Gasteiger partial charge in [-0.3, -0.25) is 4.57 Å².